The van der Waals surface area contributed by atoms with E-state index in [0.717, 1.165) is 11.3 Å². The van der Waals surface area contributed by atoms with E-state index in [9.17, 15) is 4.79 Å². The molecule has 4 rings (SSSR count). The van der Waals surface area contributed by atoms with Gasteiger partial charge in [0.25, 0.3) is 0 Å². The zero-order valence-corrected chi connectivity index (χ0v) is 14.0. The lowest BCUT2D eigenvalue weighted by atomic mass is 10.0. The normalized spacial score (nSPS) is 25.4. The molecule has 1 aromatic heterocycles. The van der Waals surface area contributed by atoms with Crippen LogP contribution in [-0.2, 0) is 4.79 Å². The predicted molar refractivity (Wildman–Crippen MR) is 90.2 cm³/mol. The number of fused-ring (bicyclic) bond motifs is 2. The molecule has 24 heavy (non-hydrogen) atoms. The van der Waals surface area contributed by atoms with Gasteiger partial charge in [0.05, 0.1) is 6.04 Å². The molecule has 2 aliphatic rings. The Balaban J connectivity index is 1.53. The Hall–Kier alpha value is -2.21. The molecule has 2 bridgehead atoms. The Morgan fingerprint density at radius 3 is 2.96 bits per heavy atom. The number of piperidine rings is 1. The van der Waals surface area contributed by atoms with E-state index >= 15 is 0 Å². The monoisotopic (exact) mass is 326 g/mol. The van der Waals surface area contributed by atoms with Crippen molar-refractivity contribution in [1.29, 1.82) is 0 Å². The van der Waals surface area contributed by atoms with Gasteiger partial charge in [-0.3, -0.25) is 4.79 Å². The fraction of sp³-hybridized carbons (Fsp3) is 0.500. The number of nitrogens with one attached hydrogen (secondary N) is 2. The third kappa shape index (κ3) is 2.82. The summed E-state index contributed by atoms with van der Waals surface area (Å²) in [6.07, 6.45) is 3.69. The van der Waals surface area contributed by atoms with Crippen molar-refractivity contribution in [1.82, 2.24) is 15.5 Å². The maximum Gasteiger partial charge on any atom is 0.244 e. The van der Waals surface area contributed by atoms with Crippen LogP contribution >= 0.6 is 0 Å². The van der Waals surface area contributed by atoms with Gasteiger partial charge in [0.1, 0.15) is 0 Å². The highest BCUT2D eigenvalue weighted by molar-refractivity contribution is 5.92. The minimum Gasteiger partial charge on any atom is -0.337 e. The Bertz CT molecular complexity index is 755. The molecular formula is C18H22N4O2. The van der Waals surface area contributed by atoms with E-state index in [0.29, 0.717) is 23.7 Å². The summed E-state index contributed by atoms with van der Waals surface area (Å²) in [5, 5.41) is 10.6. The van der Waals surface area contributed by atoms with Crippen LogP contribution in [-0.4, -0.2) is 22.1 Å². The maximum absolute atomic E-state index is 11.8. The van der Waals surface area contributed by atoms with Crippen LogP contribution in [0, 0.1) is 11.8 Å². The Labute approximate surface area is 141 Å². The van der Waals surface area contributed by atoms with Crippen LogP contribution in [0.3, 0.4) is 0 Å². The van der Waals surface area contributed by atoms with Crippen molar-refractivity contribution in [3.8, 4) is 11.4 Å². The number of anilines is 1. The van der Waals surface area contributed by atoms with Gasteiger partial charge in [-0.1, -0.05) is 31.1 Å². The molecule has 6 nitrogen and oxygen atoms in total. The van der Waals surface area contributed by atoms with Gasteiger partial charge < -0.3 is 15.2 Å². The molecule has 3 atom stereocenters. The fourth-order valence-corrected chi connectivity index (χ4v) is 3.63. The number of carbonyl (C=O) groups is 1. The molecule has 1 aliphatic carbocycles. The lowest BCUT2D eigenvalue weighted by Crippen LogP contribution is -2.28. The molecule has 6 heteroatoms. The molecule has 2 aromatic rings. The Morgan fingerprint density at radius 2 is 2.25 bits per heavy atom. The van der Waals surface area contributed by atoms with Crippen molar-refractivity contribution in [2.45, 2.75) is 45.2 Å². The quantitative estimate of drug-likeness (QED) is 0.902. The predicted octanol–water partition coefficient (Wildman–Crippen LogP) is 3.14. The number of nitrogens with zero attached hydrogens (tertiary/aromatic N) is 2. The first kappa shape index (κ1) is 15.3. The van der Waals surface area contributed by atoms with Gasteiger partial charge in [0.2, 0.25) is 17.6 Å². The summed E-state index contributed by atoms with van der Waals surface area (Å²) in [7, 11) is 0. The second kappa shape index (κ2) is 6.02. The molecule has 2 N–H and O–H groups in total. The van der Waals surface area contributed by atoms with Gasteiger partial charge in [-0.2, -0.15) is 4.98 Å². The van der Waals surface area contributed by atoms with Crippen molar-refractivity contribution < 1.29 is 9.32 Å². The fourth-order valence-electron chi connectivity index (χ4n) is 3.63. The summed E-state index contributed by atoms with van der Waals surface area (Å²) in [6.45, 7) is 3.74. The van der Waals surface area contributed by atoms with Crippen LogP contribution in [0.4, 0.5) is 5.69 Å². The molecule has 2 fully saturated rings. The first-order chi connectivity index (χ1) is 11.6. The zero-order valence-electron chi connectivity index (χ0n) is 14.0. The van der Waals surface area contributed by atoms with Gasteiger partial charge in [0, 0.05) is 23.2 Å². The lowest BCUT2D eigenvalue weighted by molar-refractivity contribution is -0.118. The second-order valence-corrected chi connectivity index (χ2v) is 7.10. The molecular weight excluding hydrogens is 304 g/mol. The Morgan fingerprint density at radius 1 is 1.38 bits per heavy atom. The van der Waals surface area contributed by atoms with Crippen LogP contribution in [0.1, 0.15) is 45.0 Å². The van der Waals surface area contributed by atoms with E-state index < -0.39 is 0 Å². The van der Waals surface area contributed by atoms with E-state index in [4.69, 9.17) is 4.52 Å². The smallest absolute Gasteiger partial charge is 0.244 e. The molecule has 126 valence electrons. The van der Waals surface area contributed by atoms with E-state index in [-0.39, 0.29) is 17.9 Å². The SMILES string of the molecule is CC(C)C(=O)Nc1cccc(-c2noc([C@H]3N[C@@H]4CC[C@H]3C4)n2)c1. The van der Waals surface area contributed by atoms with E-state index in [1.54, 1.807) is 0 Å². The molecule has 0 spiro atoms. The molecule has 1 amide bonds. The highest BCUT2D eigenvalue weighted by Crippen LogP contribution is 2.42. The summed E-state index contributed by atoms with van der Waals surface area (Å²) in [5.41, 5.74) is 1.59. The van der Waals surface area contributed by atoms with Crippen LogP contribution < -0.4 is 10.6 Å². The molecule has 1 aromatic carbocycles. The maximum atomic E-state index is 11.8. The summed E-state index contributed by atoms with van der Waals surface area (Å²) in [6, 6.07) is 8.34. The van der Waals surface area contributed by atoms with Crippen LogP contribution in [0.15, 0.2) is 28.8 Å². The lowest BCUT2D eigenvalue weighted by Gasteiger charge is -2.18. The number of hydrogen-bond donors (Lipinski definition) is 2. The number of aromatic nitrogens is 2. The third-order valence-electron chi connectivity index (χ3n) is 4.98. The second-order valence-electron chi connectivity index (χ2n) is 7.10. The summed E-state index contributed by atoms with van der Waals surface area (Å²) >= 11 is 0. The molecule has 2 heterocycles. The topological polar surface area (TPSA) is 80.0 Å². The van der Waals surface area contributed by atoms with Crippen molar-refractivity contribution in [2.75, 3.05) is 5.32 Å². The Kier molecular flexibility index (Phi) is 3.84. The van der Waals surface area contributed by atoms with Crippen LogP contribution in [0.5, 0.6) is 0 Å². The number of hydrogen-bond acceptors (Lipinski definition) is 5. The standard InChI is InChI=1S/C18H22N4O2/c1-10(2)17(23)20-13-5-3-4-12(9-13)16-21-18(24-22-16)15-11-6-7-14(8-11)19-15/h3-5,9-11,14-15,19H,6-8H2,1-2H3,(H,20,23)/t11-,14+,15-/m0/s1. The minimum absolute atomic E-state index is 0.00729. The van der Waals surface area contributed by atoms with Crippen LogP contribution in [0.2, 0.25) is 0 Å². The molecule has 0 unspecified atom stereocenters. The van der Waals surface area contributed by atoms with E-state index in [2.05, 4.69) is 20.8 Å². The van der Waals surface area contributed by atoms with Gasteiger partial charge in [0.15, 0.2) is 0 Å². The molecule has 1 aliphatic heterocycles. The molecule has 1 saturated heterocycles. The first-order valence-electron chi connectivity index (χ1n) is 8.61. The van der Waals surface area contributed by atoms with Gasteiger partial charge in [-0.15, -0.1) is 0 Å². The van der Waals surface area contributed by atoms with Crippen molar-refractivity contribution >= 4 is 11.6 Å². The number of benzene rings is 1. The summed E-state index contributed by atoms with van der Waals surface area (Å²) in [5.74, 6) is 1.78. The summed E-state index contributed by atoms with van der Waals surface area (Å²) in [4.78, 5) is 16.4. The van der Waals surface area contributed by atoms with E-state index in [1.165, 1.54) is 19.3 Å². The third-order valence-corrected chi connectivity index (χ3v) is 4.98. The number of amides is 1. The average Bonchev–Trinajstić information content (AvgIpc) is 3.31. The van der Waals surface area contributed by atoms with Gasteiger partial charge >= 0.3 is 0 Å². The van der Waals surface area contributed by atoms with Gasteiger partial charge in [-0.05, 0) is 37.3 Å². The van der Waals surface area contributed by atoms with Gasteiger partial charge in [-0.25, -0.2) is 0 Å². The number of rotatable bonds is 4. The summed E-state index contributed by atoms with van der Waals surface area (Å²) < 4.78 is 5.50. The zero-order chi connectivity index (χ0) is 16.7. The highest BCUT2D eigenvalue weighted by Gasteiger charge is 2.42. The number of carbonyl (C=O) groups excluding carboxylic acids is 1. The molecule has 1 saturated carbocycles. The first-order valence-corrected chi connectivity index (χ1v) is 8.61. The molecule has 0 radical (unpaired) electrons. The van der Waals surface area contributed by atoms with Crippen molar-refractivity contribution in [3.05, 3.63) is 30.2 Å². The van der Waals surface area contributed by atoms with Crippen LogP contribution in [0.25, 0.3) is 11.4 Å². The largest absolute Gasteiger partial charge is 0.337 e. The minimum atomic E-state index is -0.0608. The van der Waals surface area contributed by atoms with Crippen molar-refractivity contribution in [3.63, 3.8) is 0 Å². The van der Waals surface area contributed by atoms with E-state index in [1.807, 2.05) is 38.1 Å². The highest BCUT2D eigenvalue weighted by atomic mass is 16.5. The van der Waals surface area contributed by atoms with Crippen molar-refractivity contribution in [2.24, 2.45) is 11.8 Å². The average molecular weight is 326 g/mol.